The number of hydrogen-bond donors (Lipinski definition) is 0. The van der Waals surface area contributed by atoms with E-state index >= 15 is 0 Å². The summed E-state index contributed by atoms with van der Waals surface area (Å²) in [5.74, 6) is 0. The lowest BCUT2D eigenvalue weighted by atomic mass is 9.97. The van der Waals surface area contributed by atoms with Gasteiger partial charge in [0.05, 0.1) is 11.7 Å². The third-order valence-electron chi connectivity index (χ3n) is 2.87. The van der Waals surface area contributed by atoms with E-state index in [4.69, 9.17) is 9.47 Å². The molecule has 80 valence electrons. The minimum atomic E-state index is -0.553. The molecule has 3 nitrogen and oxygen atoms in total. The average Bonchev–Trinajstić information content (AvgIpc) is 2.50. The Balaban J connectivity index is 2.65. The van der Waals surface area contributed by atoms with Crippen molar-refractivity contribution in [1.29, 1.82) is 0 Å². The van der Waals surface area contributed by atoms with Gasteiger partial charge in [-0.3, -0.25) is 4.79 Å². The highest BCUT2D eigenvalue weighted by molar-refractivity contribution is 5.38. The molecule has 0 amide bonds. The maximum atomic E-state index is 10.3. The van der Waals surface area contributed by atoms with E-state index in [1.54, 1.807) is 0 Å². The summed E-state index contributed by atoms with van der Waals surface area (Å²) in [6, 6.07) is 0. The summed E-state index contributed by atoms with van der Waals surface area (Å²) in [7, 11) is 0. The van der Waals surface area contributed by atoms with Gasteiger partial charge in [-0.25, -0.2) is 0 Å². The summed E-state index contributed by atoms with van der Waals surface area (Å²) < 4.78 is 10.8. The summed E-state index contributed by atoms with van der Waals surface area (Å²) in [5.41, 5.74) is -0.823. The van der Waals surface area contributed by atoms with Gasteiger partial charge < -0.3 is 9.47 Å². The van der Waals surface area contributed by atoms with Gasteiger partial charge >= 0.3 is 0 Å². The third kappa shape index (κ3) is 2.15. The fourth-order valence-electron chi connectivity index (χ4n) is 1.70. The lowest BCUT2D eigenvalue weighted by molar-refractivity contribution is -0.159. The zero-order valence-corrected chi connectivity index (χ0v) is 9.08. The number of ether oxygens (including phenoxy) is 2. The van der Waals surface area contributed by atoms with E-state index in [-0.39, 0.29) is 11.7 Å². The minimum Gasteiger partial charge on any atom is -0.459 e. The number of carbonyl (C=O) groups is 1. The SMILES string of the molecule is C=C[C@]1(C)CC[C@H](C(C)(C)OC=O)O1. The summed E-state index contributed by atoms with van der Waals surface area (Å²) in [6.45, 7) is 9.94. The van der Waals surface area contributed by atoms with E-state index in [0.717, 1.165) is 12.8 Å². The fourth-order valence-corrected chi connectivity index (χ4v) is 1.70. The predicted octanol–water partition coefficient (Wildman–Crippen LogP) is 2.06. The zero-order valence-electron chi connectivity index (χ0n) is 9.08. The Bertz CT molecular complexity index is 235. The Labute approximate surface area is 85.1 Å². The topological polar surface area (TPSA) is 35.5 Å². The van der Waals surface area contributed by atoms with E-state index in [1.165, 1.54) is 0 Å². The number of carbonyl (C=O) groups excluding carboxylic acids is 1. The molecule has 0 bridgehead atoms. The van der Waals surface area contributed by atoms with Crippen LogP contribution in [0, 0.1) is 0 Å². The molecule has 2 atom stereocenters. The van der Waals surface area contributed by atoms with Crippen LogP contribution < -0.4 is 0 Å². The maximum Gasteiger partial charge on any atom is 0.293 e. The van der Waals surface area contributed by atoms with Crippen LogP contribution in [0.4, 0.5) is 0 Å². The van der Waals surface area contributed by atoms with Crippen LogP contribution in [0.3, 0.4) is 0 Å². The first-order valence-electron chi connectivity index (χ1n) is 4.86. The molecule has 0 radical (unpaired) electrons. The largest absolute Gasteiger partial charge is 0.459 e. The Morgan fingerprint density at radius 1 is 1.64 bits per heavy atom. The molecule has 1 saturated heterocycles. The first-order valence-corrected chi connectivity index (χ1v) is 4.86. The van der Waals surface area contributed by atoms with E-state index in [1.807, 2.05) is 26.8 Å². The lowest BCUT2D eigenvalue weighted by Crippen LogP contribution is -2.40. The van der Waals surface area contributed by atoms with E-state index in [9.17, 15) is 4.79 Å². The molecule has 0 saturated carbocycles. The van der Waals surface area contributed by atoms with Crippen LogP contribution in [0.15, 0.2) is 12.7 Å². The first-order chi connectivity index (χ1) is 6.43. The molecule has 0 spiro atoms. The average molecular weight is 198 g/mol. The molecule has 3 heteroatoms. The highest BCUT2D eigenvalue weighted by Gasteiger charge is 2.42. The molecular weight excluding hydrogens is 180 g/mol. The van der Waals surface area contributed by atoms with Crippen molar-refractivity contribution in [3.8, 4) is 0 Å². The van der Waals surface area contributed by atoms with Crippen LogP contribution in [0.1, 0.15) is 33.6 Å². The molecular formula is C11H18O3. The summed E-state index contributed by atoms with van der Waals surface area (Å²) in [6.07, 6.45) is 3.58. The van der Waals surface area contributed by atoms with Gasteiger partial charge in [0.15, 0.2) is 0 Å². The lowest BCUT2D eigenvalue weighted by Gasteiger charge is -2.31. The van der Waals surface area contributed by atoms with Crippen molar-refractivity contribution in [3.63, 3.8) is 0 Å². The Morgan fingerprint density at radius 3 is 2.71 bits per heavy atom. The molecule has 0 aliphatic carbocycles. The predicted molar refractivity (Wildman–Crippen MR) is 53.9 cm³/mol. The van der Waals surface area contributed by atoms with Crippen LogP contribution in [-0.4, -0.2) is 23.8 Å². The van der Waals surface area contributed by atoms with Crippen LogP contribution in [-0.2, 0) is 14.3 Å². The van der Waals surface area contributed by atoms with E-state index in [2.05, 4.69) is 6.58 Å². The molecule has 0 unspecified atom stereocenters. The van der Waals surface area contributed by atoms with E-state index in [0.29, 0.717) is 6.47 Å². The Hall–Kier alpha value is -0.830. The molecule has 0 aromatic heterocycles. The molecule has 1 rings (SSSR count). The monoisotopic (exact) mass is 198 g/mol. The normalized spacial score (nSPS) is 32.6. The molecule has 14 heavy (non-hydrogen) atoms. The van der Waals surface area contributed by atoms with Crippen molar-refractivity contribution >= 4 is 6.47 Å². The van der Waals surface area contributed by atoms with Crippen LogP contribution in [0.2, 0.25) is 0 Å². The molecule has 1 fully saturated rings. The van der Waals surface area contributed by atoms with Gasteiger partial charge in [-0.05, 0) is 33.6 Å². The maximum absolute atomic E-state index is 10.3. The van der Waals surface area contributed by atoms with Crippen molar-refractivity contribution in [2.24, 2.45) is 0 Å². The molecule has 1 heterocycles. The quantitative estimate of drug-likeness (QED) is 0.512. The van der Waals surface area contributed by atoms with Crippen LogP contribution in [0.5, 0.6) is 0 Å². The van der Waals surface area contributed by atoms with Gasteiger partial charge in [0.1, 0.15) is 5.60 Å². The van der Waals surface area contributed by atoms with Gasteiger partial charge in [0.2, 0.25) is 0 Å². The van der Waals surface area contributed by atoms with Crippen molar-refractivity contribution < 1.29 is 14.3 Å². The summed E-state index contributed by atoms with van der Waals surface area (Å²) in [5, 5.41) is 0. The second kappa shape index (κ2) is 3.73. The van der Waals surface area contributed by atoms with Crippen molar-refractivity contribution in [3.05, 3.63) is 12.7 Å². The second-order valence-corrected chi connectivity index (χ2v) is 4.48. The molecule has 0 N–H and O–H groups in total. The smallest absolute Gasteiger partial charge is 0.293 e. The van der Waals surface area contributed by atoms with Crippen LogP contribution >= 0.6 is 0 Å². The standard InChI is InChI=1S/C11H18O3/c1-5-11(4)7-6-9(14-11)10(2,3)13-8-12/h5,8-9H,1,6-7H2,2-4H3/t9-,11-/m1/s1. The molecule has 0 aromatic rings. The third-order valence-corrected chi connectivity index (χ3v) is 2.87. The molecule has 0 aromatic carbocycles. The first kappa shape index (κ1) is 11.2. The highest BCUT2D eigenvalue weighted by atomic mass is 16.6. The molecule has 1 aliphatic rings. The van der Waals surface area contributed by atoms with Crippen molar-refractivity contribution in [2.75, 3.05) is 0 Å². The van der Waals surface area contributed by atoms with E-state index < -0.39 is 5.60 Å². The number of hydrogen-bond acceptors (Lipinski definition) is 3. The fraction of sp³-hybridized carbons (Fsp3) is 0.727. The summed E-state index contributed by atoms with van der Waals surface area (Å²) >= 11 is 0. The minimum absolute atomic E-state index is 0.0456. The number of rotatable bonds is 4. The van der Waals surface area contributed by atoms with Gasteiger partial charge in [0.25, 0.3) is 6.47 Å². The van der Waals surface area contributed by atoms with Crippen molar-refractivity contribution in [2.45, 2.75) is 50.9 Å². The summed E-state index contributed by atoms with van der Waals surface area (Å²) in [4.78, 5) is 10.3. The van der Waals surface area contributed by atoms with Gasteiger partial charge in [-0.1, -0.05) is 6.08 Å². The van der Waals surface area contributed by atoms with Crippen LogP contribution in [0.25, 0.3) is 0 Å². The zero-order chi connectivity index (χ0) is 10.8. The van der Waals surface area contributed by atoms with Gasteiger partial charge in [-0.15, -0.1) is 6.58 Å². The van der Waals surface area contributed by atoms with Crippen molar-refractivity contribution in [1.82, 2.24) is 0 Å². The van der Waals surface area contributed by atoms with Gasteiger partial charge in [-0.2, -0.15) is 0 Å². The Kier molecular flexibility index (Phi) is 3.00. The Morgan fingerprint density at radius 2 is 2.29 bits per heavy atom. The second-order valence-electron chi connectivity index (χ2n) is 4.48. The molecule has 1 aliphatic heterocycles. The van der Waals surface area contributed by atoms with Gasteiger partial charge in [0, 0.05) is 0 Å². The highest BCUT2D eigenvalue weighted by Crippen LogP contribution is 2.36.